The van der Waals surface area contributed by atoms with Gasteiger partial charge in [0.25, 0.3) is 0 Å². The molecule has 5 rings (SSSR count). The van der Waals surface area contributed by atoms with Crippen LogP contribution in [0.3, 0.4) is 0 Å². The smallest absolute Gasteiger partial charge is 0.228 e. The molecule has 0 aliphatic carbocycles. The summed E-state index contributed by atoms with van der Waals surface area (Å²) < 4.78 is 5.33. The quantitative estimate of drug-likeness (QED) is 0.698. The van der Waals surface area contributed by atoms with Crippen LogP contribution in [0.15, 0.2) is 35.1 Å². The second kappa shape index (κ2) is 6.58. The predicted octanol–water partition coefficient (Wildman–Crippen LogP) is 2.37. The van der Waals surface area contributed by atoms with E-state index in [1.165, 1.54) is 0 Å². The molecule has 0 radical (unpaired) electrons. The van der Waals surface area contributed by atoms with Gasteiger partial charge in [-0.3, -0.25) is 4.79 Å². The van der Waals surface area contributed by atoms with E-state index in [0.717, 1.165) is 59.9 Å². The van der Waals surface area contributed by atoms with Crippen molar-refractivity contribution in [1.29, 1.82) is 0 Å². The van der Waals surface area contributed by atoms with Gasteiger partial charge in [-0.05, 0) is 26.0 Å². The van der Waals surface area contributed by atoms with Gasteiger partial charge in [0.1, 0.15) is 17.8 Å². The lowest BCUT2D eigenvalue weighted by Crippen LogP contribution is -2.34. The van der Waals surface area contributed by atoms with E-state index in [9.17, 15) is 4.79 Å². The van der Waals surface area contributed by atoms with Crippen LogP contribution in [0, 0.1) is 25.7 Å². The van der Waals surface area contributed by atoms with Gasteiger partial charge in [0.2, 0.25) is 5.91 Å². The van der Waals surface area contributed by atoms with Crippen LogP contribution >= 0.6 is 0 Å². The lowest BCUT2D eigenvalue weighted by Gasteiger charge is -2.23. The summed E-state index contributed by atoms with van der Waals surface area (Å²) in [6, 6.07) is 7.69. The van der Waals surface area contributed by atoms with Crippen LogP contribution in [0.25, 0.3) is 11.0 Å². The zero-order valence-corrected chi connectivity index (χ0v) is 16.1. The zero-order chi connectivity index (χ0) is 19.3. The Balaban J connectivity index is 1.25. The summed E-state index contributed by atoms with van der Waals surface area (Å²) in [7, 11) is 0. The minimum Gasteiger partial charge on any atom is -0.356 e. The Hall–Kier alpha value is -2.96. The number of hydrogen-bond acceptors (Lipinski definition) is 6. The van der Waals surface area contributed by atoms with E-state index in [1.54, 1.807) is 6.33 Å². The molecule has 0 bridgehead atoms. The molecule has 3 aromatic rings. The van der Waals surface area contributed by atoms with Crippen molar-refractivity contribution in [3.8, 4) is 0 Å². The third kappa shape index (κ3) is 2.82. The van der Waals surface area contributed by atoms with Gasteiger partial charge in [0, 0.05) is 54.7 Å². The Morgan fingerprint density at radius 3 is 2.64 bits per heavy atom. The molecule has 0 spiro atoms. The molecule has 2 atom stereocenters. The number of amides is 1. The van der Waals surface area contributed by atoms with Crippen LogP contribution in [0.4, 0.5) is 5.82 Å². The summed E-state index contributed by atoms with van der Waals surface area (Å²) >= 11 is 0. The average Bonchev–Trinajstić information content (AvgIpc) is 3.37. The third-order valence-corrected chi connectivity index (χ3v) is 6.22. The monoisotopic (exact) mass is 377 g/mol. The first-order chi connectivity index (χ1) is 13.6. The number of aryl methyl sites for hydroxylation is 1. The van der Waals surface area contributed by atoms with Gasteiger partial charge < -0.3 is 14.3 Å². The molecule has 2 aliphatic rings. The molecule has 0 N–H and O–H groups in total. The molecule has 1 aromatic carbocycles. The predicted molar refractivity (Wildman–Crippen MR) is 105 cm³/mol. The van der Waals surface area contributed by atoms with Crippen molar-refractivity contribution in [2.75, 3.05) is 31.1 Å². The van der Waals surface area contributed by atoms with Crippen molar-refractivity contribution >= 4 is 22.7 Å². The first-order valence-corrected chi connectivity index (χ1v) is 9.74. The molecule has 1 amide bonds. The van der Waals surface area contributed by atoms with E-state index in [2.05, 4.69) is 26.9 Å². The number of rotatable bonds is 3. The zero-order valence-electron chi connectivity index (χ0n) is 16.1. The van der Waals surface area contributed by atoms with Gasteiger partial charge in [-0.2, -0.15) is 0 Å². The van der Waals surface area contributed by atoms with E-state index >= 15 is 0 Å². The highest BCUT2D eigenvalue weighted by molar-refractivity contribution is 5.86. The second-order valence-corrected chi connectivity index (χ2v) is 7.93. The van der Waals surface area contributed by atoms with Crippen molar-refractivity contribution in [1.82, 2.24) is 20.0 Å². The number of para-hydroxylation sites is 1. The summed E-state index contributed by atoms with van der Waals surface area (Å²) in [5.41, 5.74) is 3.63. The fraction of sp³-hybridized carbons (Fsp3) is 0.429. The topological polar surface area (TPSA) is 75.4 Å². The molecule has 28 heavy (non-hydrogen) atoms. The molecule has 144 valence electrons. The Morgan fingerprint density at radius 2 is 1.86 bits per heavy atom. The van der Waals surface area contributed by atoms with Crippen LogP contribution < -0.4 is 4.90 Å². The van der Waals surface area contributed by atoms with Gasteiger partial charge in [-0.15, -0.1) is 0 Å². The van der Waals surface area contributed by atoms with Crippen molar-refractivity contribution < 1.29 is 9.32 Å². The van der Waals surface area contributed by atoms with Gasteiger partial charge >= 0.3 is 0 Å². The highest BCUT2D eigenvalue weighted by Gasteiger charge is 2.42. The van der Waals surface area contributed by atoms with Crippen molar-refractivity contribution in [3.05, 3.63) is 47.5 Å². The number of likely N-dealkylation sites (tertiary alicyclic amines) is 1. The fourth-order valence-corrected chi connectivity index (χ4v) is 4.53. The first-order valence-electron chi connectivity index (χ1n) is 9.74. The number of anilines is 1. The van der Waals surface area contributed by atoms with Crippen LogP contribution in [0.1, 0.15) is 17.0 Å². The van der Waals surface area contributed by atoms with Gasteiger partial charge in [-0.25, -0.2) is 9.97 Å². The van der Waals surface area contributed by atoms with Crippen molar-refractivity contribution in [2.24, 2.45) is 11.8 Å². The summed E-state index contributed by atoms with van der Waals surface area (Å²) in [4.78, 5) is 26.0. The minimum absolute atomic E-state index is 0.133. The average molecular weight is 377 g/mol. The number of aromatic nitrogens is 3. The molecule has 4 heterocycles. The number of fused-ring (bicyclic) bond motifs is 2. The first kappa shape index (κ1) is 17.2. The number of benzene rings is 1. The molecular weight excluding hydrogens is 354 g/mol. The van der Waals surface area contributed by atoms with E-state index in [1.807, 2.05) is 36.1 Å². The normalized spacial score (nSPS) is 21.5. The molecule has 2 fully saturated rings. The molecule has 2 unspecified atom stereocenters. The molecule has 0 saturated carbocycles. The maximum Gasteiger partial charge on any atom is 0.228 e. The molecule has 2 aliphatic heterocycles. The maximum atomic E-state index is 12.8. The van der Waals surface area contributed by atoms with E-state index < -0.39 is 0 Å². The minimum atomic E-state index is 0.133. The van der Waals surface area contributed by atoms with Crippen LogP contribution in [0.2, 0.25) is 0 Å². The molecule has 2 saturated heterocycles. The van der Waals surface area contributed by atoms with Gasteiger partial charge in [0.05, 0.1) is 6.42 Å². The molecule has 7 heteroatoms. The van der Waals surface area contributed by atoms with E-state index in [0.29, 0.717) is 18.3 Å². The van der Waals surface area contributed by atoms with Gasteiger partial charge in [-0.1, -0.05) is 17.3 Å². The maximum absolute atomic E-state index is 12.8. The van der Waals surface area contributed by atoms with Crippen LogP contribution in [-0.2, 0) is 11.2 Å². The van der Waals surface area contributed by atoms with E-state index in [4.69, 9.17) is 4.52 Å². The molecule has 2 aromatic heterocycles. The largest absolute Gasteiger partial charge is 0.356 e. The Kier molecular flexibility index (Phi) is 4.03. The number of hydrogen-bond donors (Lipinski definition) is 0. The van der Waals surface area contributed by atoms with Crippen LogP contribution in [0.5, 0.6) is 0 Å². The lowest BCUT2D eigenvalue weighted by molar-refractivity contribution is -0.129. The highest BCUT2D eigenvalue weighted by atomic mass is 16.5. The van der Waals surface area contributed by atoms with Crippen molar-refractivity contribution in [3.63, 3.8) is 0 Å². The summed E-state index contributed by atoms with van der Waals surface area (Å²) in [6.07, 6.45) is 1.94. The third-order valence-electron chi connectivity index (χ3n) is 6.22. The molecular formula is C21H23N5O2. The summed E-state index contributed by atoms with van der Waals surface area (Å²) in [5, 5.41) is 5.03. The molecule has 7 nitrogen and oxygen atoms in total. The van der Waals surface area contributed by atoms with Crippen LogP contribution in [-0.4, -0.2) is 52.1 Å². The summed E-state index contributed by atoms with van der Waals surface area (Å²) in [6.45, 7) is 7.59. The number of nitrogens with zero attached hydrogens (tertiary/aromatic N) is 5. The fourth-order valence-electron chi connectivity index (χ4n) is 4.53. The van der Waals surface area contributed by atoms with Gasteiger partial charge in [0.15, 0.2) is 5.58 Å². The highest BCUT2D eigenvalue weighted by Crippen LogP contribution is 2.35. The standard InChI is InChI=1S/C21H23N5O2/c1-13-14(2)22-12-23-21(13)26-10-15-8-25(9-16(15)11-26)20(27)7-18-17-5-3-4-6-19(17)28-24-18/h3-6,12,15-16H,7-11H2,1-2H3. The SMILES string of the molecule is Cc1ncnc(N2CC3CN(C(=O)Cc4noc5ccccc45)CC3C2)c1C. The van der Waals surface area contributed by atoms with E-state index in [-0.39, 0.29) is 5.91 Å². The number of carbonyl (C=O) groups is 1. The second-order valence-electron chi connectivity index (χ2n) is 7.93. The number of carbonyl (C=O) groups excluding carboxylic acids is 1. The Labute approximate surface area is 163 Å². The van der Waals surface area contributed by atoms with Crippen molar-refractivity contribution in [2.45, 2.75) is 20.3 Å². The summed E-state index contributed by atoms with van der Waals surface area (Å²) in [5.74, 6) is 2.16. The lowest BCUT2D eigenvalue weighted by atomic mass is 10.0. The Morgan fingerprint density at radius 1 is 1.11 bits per heavy atom. The Bertz CT molecular complexity index is 1030.